The molecule has 0 saturated heterocycles. The SMILES string of the molecule is CC(CO)CCCNC1CC(C)CCC1C. The number of nitrogens with one attached hydrogen (secondary N) is 1. The van der Waals surface area contributed by atoms with Crippen LogP contribution in [0.2, 0.25) is 0 Å². The highest BCUT2D eigenvalue weighted by Gasteiger charge is 2.24. The van der Waals surface area contributed by atoms with E-state index < -0.39 is 0 Å². The van der Waals surface area contributed by atoms with E-state index in [0.717, 1.165) is 30.8 Å². The van der Waals surface area contributed by atoms with Gasteiger partial charge in [0.25, 0.3) is 0 Å². The Hall–Kier alpha value is -0.0800. The second-order valence-corrected chi connectivity index (χ2v) is 5.89. The number of rotatable bonds is 6. The van der Waals surface area contributed by atoms with Gasteiger partial charge in [0.15, 0.2) is 0 Å². The van der Waals surface area contributed by atoms with Gasteiger partial charge in [-0.15, -0.1) is 0 Å². The zero-order valence-corrected chi connectivity index (χ0v) is 11.2. The summed E-state index contributed by atoms with van der Waals surface area (Å²) in [5.74, 6) is 2.20. The maximum atomic E-state index is 8.94. The summed E-state index contributed by atoms with van der Waals surface area (Å²) < 4.78 is 0. The van der Waals surface area contributed by atoms with Gasteiger partial charge in [-0.25, -0.2) is 0 Å². The molecule has 2 heteroatoms. The predicted octanol–water partition coefficient (Wildman–Crippen LogP) is 2.81. The monoisotopic (exact) mass is 227 g/mol. The van der Waals surface area contributed by atoms with E-state index in [4.69, 9.17) is 5.11 Å². The van der Waals surface area contributed by atoms with Crippen molar-refractivity contribution < 1.29 is 5.11 Å². The van der Waals surface area contributed by atoms with Gasteiger partial charge in [0, 0.05) is 12.6 Å². The first kappa shape index (κ1) is 14.0. The fraction of sp³-hybridized carbons (Fsp3) is 1.00. The Morgan fingerprint density at radius 3 is 2.75 bits per heavy atom. The van der Waals surface area contributed by atoms with Crippen LogP contribution in [0.3, 0.4) is 0 Å². The standard InChI is InChI=1S/C14H29NO/c1-11-6-7-13(3)14(9-11)15-8-4-5-12(2)10-16/h11-16H,4-10H2,1-3H3. The minimum absolute atomic E-state index is 0.330. The minimum Gasteiger partial charge on any atom is -0.396 e. The van der Waals surface area contributed by atoms with E-state index in [-0.39, 0.29) is 0 Å². The molecular weight excluding hydrogens is 198 g/mol. The van der Waals surface area contributed by atoms with E-state index in [9.17, 15) is 0 Å². The van der Waals surface area contributed by atoms with Gasteiger partial charge in [0.2, 0.25) is 0 Å². The second-order valence-electron chi connectivity index (χ2n) is 5.89. The second kappa shape index (κ2) is 7.29. The van der Waals surface area contributed by atoms with Crippen molar-refractivity contribution >= 4 is 0 Å². The van der Waals surface area contributed by atoms with Crippen LogP contribution in [0, 0.1) is 17.8 Å². The van der Waals surface area contributed by atoms with Gasteiger partial charge in [-0.05, 0) is 50.0 Å². The van der Waals surface area contributed by atoms with E-state index in [0.29, 0.717) is 12.5 Å². The summed E-state index contributed by atoms with van der Waals surface area (Å²) in [5.41, 5.74) is 0. The van der Waals surface area contributed by atoms with Crippen molar-refractivity contribution in [2.75, 3.05) is 13.2 Å². The first-order chi connectivity index (χ1) is 7.63. The summed E-state index contributed by atoms with van der Waals surface area (Å²) >= 11 is 0. The Labute approximate surface area is 101 Å². The van der Waals surface area contributed by atoms with Crippen LogP contribution >= 0.6 is 0 Å². The molecule has 1 fully saturated rings. The molecule has 4 atom stereocenters. The molecule has 0 heterocycles. The molecule has 1 rings (SSSR count). The third-order valence-electron chi connectivity index (χ3n) is 4.05. The van der Waals surface area contributed by atoms with Gasteiger partial charge >= 0.3 is 0 Å². The first-order valence-corrected chi connectivity index (χ1v) is 6.97. The number of aliphatic hydroxyl groups is 1. The lowest BCUT2D eigenvalue weighted by molar-refractivity contribution is 0.215. The molecule has 16 heavy (non-hydrogen) atoms. The Morgan fingerprint density at radius 2 is 2.06 bits per heavy atom. The van der Waals surface area contributed by atoms with Crippen LogP contribution in [0.15, 0.2) is 0 Å². The minimum atomic E-state index is 0.330. The summed E-state index contributed by atoms with van der Waals surface area (Å²) in [5, 5.41) is 12.6. The summed E-state index contributed by atoms with van der Waals surface area (Å²) in [6.45, 7) is 8.31. The zero-order chi connectivity index (χ0) is 12.0. The molecule has 0 aliphatic heterocycles. The molecule has 96 valence electrons. The summed E-state index contributed by atoms with van der Waals surface area (Å²) in [6.07, 6.45) is 6.46. The molecule has 0 aromatic carbocycles. The molecule has 0 amide bonds. The number of aliphatic hydroxyl groups excluding tert-OH is 1. The third kappa shape index (κ3) is 4.84. The fourth-order valence-corrected chi connectivity index (χ4v) is 2.65. The quantitative estimate of drug-likeness (QED) is 0.684. The number of hydrogen-bond acceptors (Lipinski definition) is 2. The van der Waals surface area contributed by atoms with E-state index in [2.05, 4.69) is 26.1 Å². The molecule has 1 saturated carbocycles. The summed E-state index contributed by atoms with van der Waals surface area (Å²) in [7, 11) is 0. The molecule has 0 bridgehead atoms. The van der Waals surface area contributed by atoms with E-state index in [1.165, 1.54) is 25.7 Å². The van der Waals surface area contributed by atoms with E-state index in [1.807, 2.05) is 0 Å². The maximum absolute atomic E-state index is 8.94. The van der Waals surface area contributed by atoms with E-state index >= 15 is 0 Å². The van der Waals surface area contributed by atoms with Crippen LogP contribution in [0.1, 0.15) is 52.9 Å². The van der Waals surface area contributed by atoms with Crippen molar-refractivity contribution in [2.24, 2.45) is 17.8 Å². The average Bonchev–Trinajstić information content (AvgIpc) is 2.28. The van der Waals surface area contributed by atoms with Gasteiger partial charge in [0.1, 0.15) is 0 Å². The Balaban J connectivity index is 2.11. The summed E-state index contributed by atoms with van der Waals surface area (Å²) in [6, 6.07) is 0.730. The van der Waals surface area contributed by atoms with Gasteiger partial charge in [-0.3, -0.25) is 0 Å². The fourth-order valence-electron chi connectivity index (χ4n) is 2.65. The van der Waals surface area contributed by atoms with Crippen molar-refractivity contribution in [3.8, 4) is 0 Å². The normalized spacial score (nSPS) is 32.6. The molecule has 0 radical (unpaired) electrons. The van der Waals surface area contributed by atoms with Crippen molar-refractivity contribution in [1.29, 1.82) is 0 Å². The van der Waals surface area contributed by atoms with E-state index in [1.54, 1.807) is 0 Å². The predicted molar refractivity (Wildman–Crippen MR) is 69.5 cm³/mol. The third-order valence-corrected chi connectivity index (χ3v) is 4.05. The lowest BCUT2D eigenvalue weighted by atomic mass is 9.80. The molecular formula is C14H29NO. The molecule has 4 unspecified atom stereocenters. The van der Waals surface area contributed by atoms with Crippen molar-refractivity contribution in [3.63, 3.8) is 0 Å². The number of hydrogen-bond donors (Lipinski definition) is 2. The highest BCUT2D eigenvalue weighted by Crippen LogP contribution is 2.28. The maximum Gasteiger partial charge on any atom is 0.0456 e. The van der Waals surface area contributed by atoms with Crippen molar-refractivity contribution in [3.05, 3.63) is 0 Å². The molecule has 2 nitrogen and oxygen atoms in total. The summed E-state index contributed by atoms with van der Waals surface area (Å²) in [4.78, 5) is 0. The van der Waals surface area contributed by atoms with Crippen LogP contribution in [-0.4, -0.2) is 24.3 Å². The Morgan fingerprint density at radius 1 is 1.31 bits per heavy atom. The molecule has 2 N–H and O–H groups in total. The Bertz CT molecular complexity index is 184. The van der Waals surface area contributed by atoms with Gasteiger partial charge < -0.3 is 10.4 Å². The van der Waals surface area contributed by atoms with Crippen LogP contribution in [0.5, 0.6) is 0 Å². The molecule has 0 aromatic rings. The molecule has 0 aromatic heterocycles. The zero-order valence-electron chi connectivity index (χ0n) is 11.2. The van der Waals surface area contributed by atoms with Crippen LogP contribution < -0.4 is 5.32 Å². The smallest absolute Gasteiger partial charge is 0.0456 e. The van der Waals surface area contributed by atoms with Gasteiger partial charge in [-0.2, -0.15) is 0 Å². The topological polar surface area (TPSA) is 32.3 Å². The van der Waals surface area contributed by atoms with Crippen LogP contribution in [-0.2, 0) is 0 Å². The lowest BCUT2D eigenvalue weighted by Crippen LogP contribution is -2.40. The largest absolute Gasteiger partial charge is 0.396 e. The van der Waals surface area contributed by atoms with Crippen molar-refractivity contribution in [1.82, 2.24) is 5.32 Å². The van der Waals surface area contributed by atoms with Gasteiger partial charge in [-0.1, -0.05) is 27.2 Å². The lowest BCUT2D eigenvalue weighted by Gasteiger charge is -2.33. The van der Waals surface area contributed by atoms with Gasteiger partial charge in [0.05, 0.1) is 0 Å². The van der Waals surface area contributed by atoms with Crippen LogP contribution in [0.25, 0.3) is 0 Å². The highest BCUT2D eigenvalue weighted by atomic mass is 16.3. The highest BCUT2D eigenvalue weighted by molar-refractivity contribution is 4.81. The molecule has 0 spiro atoms. The Kier molecular flexibility index (Phi) is 6.37. The first-order valence-electron chi connectivity index (χ1n) is 6.97. The van der Waals surface area contributed by atoms with Crippen molar-refractivity contribution in [2.45, 2.75) is 58.9 Å². The molecule has 1 aliphatic carbocycles. The average molecular weight is 227 g/mol. The molecule has 1 aliphatic rings. The van der Waals surface area contributed by atoms with Crippen LogP contribution in [0.4, 0.5) is 0 Å².